The van der Waals surface area contributed by atoms with Crippen LogP contribution in [0.2, 0.25) is 0 Å². The lowest BCUT2D eigenvalue weighted by atomic mass is 9.81. The standard InChI is InChI=1S/C16H24N2O2.C15H22N2O.ClH/c1-2-20-15-9-7-14(8-10-15)18-16(19)13-5-3-12(11-17)4-6-13;1-11-4-2-3-5-14(11)17-15(18)13-8-6-12(10-16)7-9-13;/h7-10,12-13H,2-6,11,17H2,1H3,(H,18,19);2-5,12-13H,6-10,16H2,1H3,(H,17,18);1H. The number of benzene rings is 2. The highest BCUT2D eigenvalue weighted by Gasteiger charge is 2.26. The number of carbonyl (C=O) groups is 2. The van der Waals surface area contributed by atoms with E-state index in [1.54, 1.807) is 0 Å². The Labute approximate surface area is 240 Å². The zero-order valence-corrected chi connectivity index (χ0v) is 24.3. The number of ether oxygens (including phenoxy) is 1. The molecule has 2 saturated carbocycles. The van der Waals surface area contributed by atoms with Gasteiger partial charge in [0.25, 0.3) is 0 Å². The maximum absolute atomic E-state index is 12.2. The highest BCUT2D eigenvalue weighted by molar-refractivity contribution is 5.93. The van der Waals surface area contributed by atoms with Gasteiger partial charge in [-0.25, -0.2) is 0 Å². The number of hydrogen-bond acceptors (Lipinski definition) is 5. The second-order valence-electron chi connectivity index (χ2n) is 10.7. The average molecular weight is 559 g/mol. The molecule has 7 nitrogen and oxygen atoms in total. The summed E-state index contributed by atoms with van der Waals surface area (Å²) in [4.78, 5) is 24.4. The van der Waals surface area contributed by atoms with E-state index >= 15 is 0 Å². The third-order valence-corrected chi connectivity index (χ3v) is 7.94. The number of anilines is 2. The molecule has 4 rings (SSSR count). The Morgan fingerprint density at radius 2 is 1.26 bits per heavy atom. The van der Waals surface area contributed by atoms with E-state index in [0.717, 1.165) is 87.1 Å². The second-order valence-corrected chi connectivity index (χ2v) is 10.7. The molecule has 2 aliphatic carbocycles. The zero-order chi connectivity index (χ0) is 27.3. The van der Waals surface area contributed by atoms with Crippen LogP contribution < -0.4 is 26.8 Å². The molecular formula is C31H47ClN4O3. The van der Waals surface area contributed by atoms with Crippen LogP contribution in [0.3, 0.4) is 0 Å². The number of aryl methyl sites for hydroxylation is 1. The van der Waals surface area contributed by atoms with Crippen LogP contribution in [0.5, 0.6) is 5.75 Å². The van der Waals surface area contributed by atoms with E-state index in [2.05, 4.69) is 10.6 Å². The lowest BCUT2D eigenvalue weighted by Crippen LogP contribution is -2.29. The highest BCUT2D eigenvalue weighted by atomic mass is 35.5. The third-order valence-electron chi connectivity index (χ3n) is 7.94. The van der Waals surface area contributed by atoms with Crippen molar-refractivity contribution in [3.63, 3.8) is 0 Å². The molecule has 0 atom stereocenters. The molecule has 0 unspecified atom stereocenters. The van der Waals surface area contributed by atoms with Crippen LogP contribution in [0.1, 0.15) is 63.9 Å². The molecule has 2 aromatic rings. The molecule has 0 spiro atoms. The Morgan fingerprint density at radius 1 is 0.769 bits per heavy atom. The van der Waals surface area contributed by atoms with Gasteiger partial charge in [-0.3, -0.25) is 9.59 Å². The van der Waals surface area contributed by atoms with E-state index in [1.807, 2.05) is 62.4 Å². The van der Waals surface area contributed by atoms with Crippen molar-refractivity contribution in [3.05, 3.63) is 54.1 Å². The molecule has 2 amide bonds. The van der Waals surface area contributed by atoms with Gasteiger partial charge in [0.05, 0.1) is 6.61 Å². The molecule has 8 heteroatoms. The molecule has 0 radical (unpaired) electrons. The molecule has 0 aromatic heterocycles. The van der Waals surface area contributed by atoms with E-state index in [0.29, 0.717) is 18.4 Å². The molecule has 2 aromatic carbocycles. The van der Waals surface area contributed by atoms with Crippen molar-refractivity contribution in [2.45, 2.75) is 65.2 Å². The van der Waals surface area contributed by atoms with Gasteiger partial charge in [0, 0.05) is 23.2 Å². The van der Waals surface area contributed by atoms with Gasteiger partial charge in [-0.1, -0.05) is 18.2 Å². The van der Waals surface area contributed by atoms with Crippen LogP contribution in [0.4, 0.5) is 11.4 Å². The lowest BCUT2D eigenvalue weighted by Gasteiger charge is -2.26. The molecule has 0 aliphatic heterocycles. The maximum Gasteiger partial charge on any atom is 0.227 e. The molecule has 0 heterocycles. The van der Waals surface area contributed by atoms with Gasteiger partial charge in [-0.2, -0.15) is 0 Å². The van der Waals surface area contributed by atoms with Crippen LogP contribution in [0.25, 0.3) is 0 Å². The number of nitrogens with two attached hydrogens (primary N) is 2. The predicted octanol–water partition coefficient (Wildman–Crippen LogP) is 5.91. The average Bonchev–Trinajstić information content (AvgIpc) is 2.96. The summed E-state index contributed by atoms with van der Waals surface area (Å²) < 4.78 is 5.38. The molecule has 216 valence electrons. The number of carbonyl (C=O) groups excluding carboxylic acids is 2. The summed E-state index contributed by atoms with van der Waals surface area (Å²) in [7, 11) is 0. The van der Waals surface area contributed by atoms with Gasteiger partial charge in [0.1, 0.15) is 5.75 Å². The minimum atomic E-state index is 0. The number of halogens is 1. The van der Waals surface area contributed by atoms with Crippen molar-refractivity contribution in [3.8, 4) is 5.75 Å². The summed E-state index contributed by atoms with van der Waals surface area (Å²) in [6, 6.07) is 15.4. The first-order chi connectivity index (χ1) is 18.4. The van der Waals surface area contributed by atoms with Crippen molar-refractivity contribution < 1.29 is 14.3 Å². The summed E-state index contributed by atoms with van der Waals surface area (Å²) in [5.41, 5.74) is 14.2. The van der Waals surface area contributed by atoms with E-state index in [4.69, 9.17) is 16.2 Å². The highest BCUT2D eigenvalue weighted by Crippen LogP contribution is 2.30. The SMILES string of the molecule is CCOc1ccc(NC(=O)C2CCC(CN)CC2)cc1.Cc1ccccc1NC(=O)C1CCC(CN)CC1.Cl. The second kappa shape index (κ2) is 17.2. The maximum atomic E-state index is 12.2. The van der Waals surface area contributed by atoms with Gasteiger partial charge in [-0.05, 0) is 126 Å². The van der Waals surface area contributed by atoms with E-state index < -0.39 is 0 Å². The predicted molar refractivity (Wildman–Crippen MR) is 162 cm³/mol. The van der Waals surface area contributed by atoms with Crippen molar-refractivity contribution in [2.24, 2.45) is 35.1 Å². The summed E-state index contributed by atoms with van der Waals surface area (Å²) in [6.45, 7) is 6.11. The van der Waals surface area contributed by atoms with E-state index in [9.17, 15) is 9.59 Å². The molecule has 0 saturated heterocycles. The summed E-state index contributed by atoms with van der Waals surface area (Å²) in [5, 5.41) is 6.03. The number of rotatable bonds is 8. The normalized spacial score (nSPS) is 22.4. The van der Waals surface area contributed by atoms with Crippen molar-refractivity contribution >= 4 is 35.6 Å². The molecule has 0 bridgehead atoms. The minimum absolute atomic E-state index is 0. The van der Waals surface area contributed by atoms with Gasteiger partial charge in [0.15, 0.2) is 0 Å². The van der Waals surface area contributed by atoms with E-state index in [1.165, 1.54) is 0 Å². The van der Waals surface area contributed by atoms with Crippen LogP contribution in [-0.2, 0) is 9.59 Å². The van der Waals surface area contributed by atoms with Gasteiger partial charge >= 0.3 is 0 Å². The molecule has 2 fully saturated rings. The van der Waals surface area contributed by atoms with Crippen molar-refractivity contribution in [2.75, 3.05) is 30.3 Å². The van der Waals surface area contributed by atoms with Crippen LogP contribution in [0, 0.1) is 30.6 Å². The summed E-state index contributed by atoms with van der Waals surface area (Å²) >= 11 is 0. The fourth-order valence-electron chi connectivity index (χ4n) is 5.31. The Morgan fingerprint density at radius 3 is 1.72 bits per heavy atom. The topological polar surface area (TPSA) is 119 Å². The first-order valence-electron chi connectivity index (χ1n) is 14.2. The van der Waals surface area contributed by atoms with Crippen molar-refractivity contribution in [1.29, 1.82) is 0 Å². The first kappa shape index (κ1) is 32.6. The lowest BCUT2D eigenvalue weighted by molar-refractivity contribution is -0.121. The largest absolute Gasteiger partial charge is 0.494 e. The first-order valence-corrected chi connectivity index (χ1v) is 14.2. The number of amides is 2. The van der Waals surface area contributed by atoms with Crippen LogP contribution in [0.15, 0.2) is 48.5 Å². The van der Waals surface area contributed by atoms with Crippen LogP contribution in [-0.4, -0.2) is 31.5 Å². The van der Waals surface area contributed by atoms with Gasteiger partial charge in [0.2, 0.25) is 11.8 Å². The quantitative estimate of drug-likeness (QED) is 0.321. The fraction of sp³-hybridized carbons (Fsp3) is 0.548. The third kappa shape index (κ3) is 10.5. The molecule has 39 heavy (non-hydrogen) atoms. The number of para-hydroxylation sites is 1. The fourth-order valence-corrected chi connectivity index (χ4v) is 5.31. The Hall–Kier alpha value is -2.61. The molecule has 6 N–H and O–H groups in total. The molecule has 2 aliphatic rings. The summed E-state index contributed by atoms with van der Waals surface area (Å²) in [5.74, 6) is 2.63. The Kier molecular flexibility index (Phi) is 14.3. The Balaban J connectivity index is 0.000000268. The van der Waals surface area contributed by atoms with Gasteiger partial charge < -0.3 is 26.8 Å². The smallest absolute Gasteiger partial charge is 0.227 e. The van der Waals surface area contributed by atoms with Crippen molar-refractivity contribution in [1.82, 2.24) is 0 Å². The summed E-state index contributed by atoms with van der Waals surface area (Å²) in [6.07, 6.45) is 8.15. The van der Waals surface area contributed by atoms with E-state index in [-0.39, 0.29) is 36.1 Å². The number of hydrogen-bond donors (Lipinski definition) is 4. The van der Waals surface area contributed by atoms with Gasteiger partial charge in [-0.15, -0.1) is 12.4 Å². The zero-order valence-electron chi connectivity index (χ0n) is 23.5. The molecular weight excluding hydrogens is 512 g/mol. The monoisotopic (exact) mass is 558 g/mol. The minimum Gasteiger partial charge on any atom is -0.494 e. The van der Waals surface area contributed by atoms with Crippen LogP contribution >= 0.6 is 12.4 Å². The Bertz CT molecular complexity index is 1000. The number of nitrogens with one attached hydrogen (secondary N) is 2.